The van der Waals surface area contributed by atoms with Crippen molar-refractivity contribution in [2.75, 3.05) is 6.61 Å². The number of hydrogen-bond acceptors (Lipinski definition) is 2. The van der Waals surface area contributed by atoms with Crippen LogP contribution in [0.1, 0.15) is 39.5 Å². The molecule has 0 aromatic carbocycles. The van der Waals surface area contributed by atoms with Crippen LogP contribution in [0.4, 0.5) is 0 Å². The molecule has 0 aliphatic rings. The Bertz CT molecular complexity index is 192. The average molecular weight is 196 g/mol. The molecule has 0 atom stereocenters. The first kappa shape index (κ1) is 12.9. The fraction of sp³-hybridized carbons (Fsp3) is 0.583. The third-order valence-electron chi connectivity index (χ3n) is 1.64. The van der Waals surface area contributed by atoms with Gasteiger partial charge in [-0.3, -0.25) is 4.79 Å². The number of rotatable bonds is 7. The molecule has 0 aliphatic carbocycles. The maximum atomic E-state index is 11.1. The van der Waals surface area contributed by atoms with Crippen molar-refractivity contribution in [1.29, 1.82) is 0 Å². The van der Waals surface area contributed by atoms with Crippen LogP contribution >= 0.6 is 0 Å². The van der Waals surface area contributed by atoms with Crippen molar-refractivity contribution >= 4 is 5.97 Å². The third kappa shape index (κ3) is 9.04. The van der Waals surface area contributed by atoms with Crippen molar-refractivity contribution < 1.29 is 9.53 Å². The summed E-state index contributed by atoms with van der Waals surface area (Å²) in [5, 5.41) is 0. The molecule has 14 heavy (non-hydrogen) atoms. The van der Waals surface area contributed by atoms with Gasteiger partial charge in [-0.1, -0.05) is 38.2 Å². The maximum Gasteiger partial charge on any atom is 0.309 e. The Hall–Kier alpha value is -1.05. The second-order valence-corrected chi connectivity index (χ2v) is 2.97. The highest BCUT2D eigenvalue weighted by atomic mass is 16.5. The second-order valence-electron chi connectivity index (χ2n) is 2.97. The molecule has 0 amide bonds. The zero-order valence-corrected chi connectivity index (χ0v) is 9.16. The monoisotopic (exact) mass is 196 g/mol. The maximum absolute atomic E-state index is 11.1. The van der Waals surface area contributed by atoms with E-state index < -0.39 is 0 Å². The summed E-state index contributed by atoms with van der Waals surface area (Å²) in [4.78, 5) is 11.1. The lowest BCUT2D eigenvalue weighted by Gasteiger charge is -1.99. The lowest BCUT2D eigenvalue weighted by atomic mass is 10.3. The van der Waals surface area contributed by atoms with Gasteiger partial charge in [0, 0.05) is 0 Å². The van der Waals surface area contributed by atoms with Crippen LogP contribution < -0.4 is 0 Å². The fourth-order valence-corrected chi connectivity index (χ4v) is 0.930. The van der Waals surface area contributed by atoms with E-state index in [1.54, 1.807) is 0 Å². The third-order valence-corrected chi connectivity index (χ3v) is 1.64. The summed E-state index contributed by atoms with van der Waals surface area (Å²) < 4.78 is 4.99. The van der Waals surface area contributed by atoms with Gasteiger partial charge >= 0.3 is 5.97 Å². The summed E-state index contributed by atoms with van der Waals surface area (Å²) in [6.45, 7) is 4.62. The first-order valence-electron chi connectivity index (χ1n) is 5.26. The van der Waals surface area contributed by atoms with Gasteiger partial charge in [-0.15, -0.1) is 0 Å². The minimum Gasteiger partial charge on any atom is -0.465 e. The van der Waals surface area contributed by atoms with Crippen LogP contribution in [0.15, 0.2) is 24.3 Å². The van der Waals surface area contributed by atoms with Crippen molar-refractivity contribution in [2.24, 2.45) is 0 Å². The molecular formula is C12H20O2. The Morgan fingerprint density at radius 1 is 1.07 bits per heavy atom. The van der Waals surface area contributed by atoms with Crippen LogP contribution in [0.25, 0.3) is 0 Å². The molecule has 0 saturated carbocycles. The molecule has 0 heterocycles. The summed E-state index contributed by atoms with van der Waals surface area (Å²) in [6.07, 6.45) is 11.1. The SMILES string of the molecule is CCC=CCCOC(=O)C/C=C\CC. The zero-order chi connectivity index (χ0) is 10.6. The molecule has 80 valence electrons. The molecular weight excluding hydrogens is 176 g/mol. The van der Waals surface area contributed by atoms with Gasteiger partial charge in [-0.25, -0.2) is 0 Å². The highest BCUT2D eigenvalue weighted by molar-refractivity contribution is 5.71. The molecule has 0 fully saturated rings. The van der Waals surface area contributed by atoms with E-state index in [0.717, 1.165) is 19.3 Å². The predicted octanol–water partition coefficient (Wildman–Crippen LogP) is 3.24. The van der Waals surface area contributed by atoms with Gasteiger partial charge < -0.3 is 4.74 Å². The second kappa shape index (κ2) is 10.0. The van der Waals surface area contributed by atoms with Crippen LogP contribution in [0, 0.1) is 0 Å². The molecule has 0 spiro atoms. The van der Waals surface area contributed by atoms with Crippen molar-refractivity contribution in [2.45, 2.75) is 39.5 Å². The number of allylic oxidation sites excluding steroid dienone is 2. The Balaban J connectivity index is 3.35. The quantitative estimate of drug-likeness (QED) is 0.355. The van der Waals surface area contributed by atoms with Crippen LogP contribution in [-0.2, 0) is 9.53 Å². The molecule has 0 aliphatic heterocycles. The van der Waals surface area contributed by atoms with E-state index in [2.05, 4.69) is 13.0 Å². The number of carbonyl (C=O) groups is 1. The zero-order valence-electron chi connectivity index (χ0n) is 9.16. The van der Waals surface area contributed by atoms with E-state index in [9.17, 15) is 4.79 Å². The normalized spacial score (nSPS) is 11.3. The highest BCUT2D eigenvalue weighted by Crippen LogP contribution is 1.93. The number of carbonyl (C=O) groups excluding carboxylic acids is 1. The van der Waals surface area contributed by atoms with E-state index in [-0.39, 0.29) is 5.97 Å². The standard InChI is InChI=1S/C12H20O2/c1-3-5-7-9-11-14-12(13)10-8-6-4-2/h5-8H,3-4,9-11H2,1-2H3/b7-5?,8-6-. The summed E-state index contributed by atoms with van der Waals surface area (Å²) >= 11 is 0. The van der Waals surface area contributed by atoms with Crippen molar-refractivity contribution in [3.05, 3.63) is 24.3 Å². The van der Waals surface area contributed by atoms with Gasteiger partial charge in [-0.05, 0) is 19.3 Å². The van der Waals surface area contributed by atoms with Gasteiger partial charge in [0.1, 0.15) is 0 Å². The molecule has 0 saturated heterocycles. The van der Waals surface area contributed by atoms with Crippen molar-refractivity contribution in [3.63, 3.8) is 0 Å². The molecule has 0 unspecified atom stereocenters. The Morgan fingerprint density at radius 2 is 1.71 bits per heavy atom. The smallest absolute Gasteiger partial charge is 0.309 e. The van der Waals surface area contributed by atoms with Gasteiger partial charge in [-0.2, -0.15) is 0 Å². The predicted molar refractivity (Wildman–Crippen MR) is 59.1 cm³/mol. The minimum absolute atomic E-state index is 0.139. The topological polar surface area (TPSA) is 26.3 Å². The van der Waals surface area contributed by atoms with Crippen LogP contribution in [0.2, 0.25) is 0 Å². The van der Waals surface area contributed by atoms with E-state index >= 15 is 0 Å². The molecule has 2 heteroatoms. The van der Waals surface area contributed by atoms with Gasteiger partial charge in [0.05, 0.1) is 13.0 Å². The van der Waals surface area contributed by atoms with Gasteiger partial charge in [0.25, 0.3) is 0 Å². The lowest BCUT2D eigenvalue weighted by molar-refractivity contribution is -0.142. The van der Waals surface area contributed by atoms with Crippen LogP contribution in [-0.4, -0.2) is 12.6 Å². The summed E-state index contributed by atoms with van der Waals surface area (Å²) in [5.41, 5.74) is 0. The van der Waals surface area contributed by atoms with Gasteiger partial charge in [0.2, 0.25) is 0 Å². The molecule has 2 nitrogen and oxygen atoms in total. The average Bonchev–Trinajstić information content (AvgIpc) is 2.18. The number of esters is 1. The minimum atomic E-state index is -0.139. The first-order chi connectivity index (χ1) is 6.81. The Kier molecular flexibility index (Phi) is 9.28. The van der Waals surface area contributed by atoms with E-state index in [4.69, 9.17) is 4.74 Å². The van der Waals surface area contributed by atoms with E-state index in [0.29, 0.717) is 13.0 Å². The number of hydrogen-bond donors (Lipinski definition) is 0. The van der Waals surface area contributed by atoms with E-state index in [1.807, 2.05) is 25.2 Å². The largest absolute Gasteiger partial charge is 0.465 e. The van der Waals surface area contributed by atoms with Crippen LogP contribution in [0.3, 0.4) is 0 Å². The molecule has 0 aromatic heterocycles. The Labute approximate surface area is 86.6 Å². The molecule has 0 radical (unpaired) electrons. The summed E-state index contributed by atoms with van der Waals surface area (Å²) in [5.74, 6) is -0.139. The molecule has 0 bridgehead atoms. The molecule has 0 N–H and O–H groups in total. The van der Waals surface area contributed by atoms with Crippen molar-refractivity contribution in [1.82, 2.24) is 0 Å². The summed E-state index contributed by atoms with van der Waals surface area (Å²) in [6, 6.07) is 0. The fourth-order valence-electron chi connectivity index (χ4n) is 0.930. The Morgan fingerprint density at radius 3 is 2.36 bits per heavy atom. The van der Waals surface area contributed by atoms with Crippen LogP contribution in [0.5, 0.6) is 0 Å². The highest BCUT2D eigenvalue weighted by Gasteiger charge is 1.96. The molecule has 0 aromatic rings. The summed E-state index contributed by atoms with van der Waals surface area (Å²) in [7, 11) is 0. The number of ether oxygens (including phenoxy) is 1. The molecule has 0 rings (SSSR count). The first-order valence-corrected chi connectivity index (χ1v) is 5.26. The van der Waals surface area contributed by atoms with Gasteiger partial charge in [0.15, 0.2) is 0 Å². The van der Waals surface area contributed by atoms with Crippen molar-refractivity contribution in [3.8, 4) is 0 Å². The van der Waals surface area contributed by atoms with E-state index in [1.165, 1.54) is 0 Å². The lowest BCUT2D eigenvalue weighted by Crippen LogP contribution is -2.03.